The van der Waals surface area contributed by atoms with Crippen LogP contribution in [0.1, 0.15) is 71.4 Å². The molecule has 61 heavy (non-hydrogen) atoms. The quantitative estimate of drug-likeness (QED) is 0.124. The fourth-order valence-electron chi connectivity index (χ4n) is 7.76. The molecule has 4 heterocycles. The number of amides is 3. The molecule has 0 aliphatic carbocycles. The van der Waals surface area contributed by atoms with Crippen LogP contribution in [0, 0.1) is 0 Å². The van der Waals surface area contributed by atoms with Crippen LogP contribution in [0.15, 0.2) is 75.7 Å². The van der Waals surface area contributed by atoms with E-state index in [0.29, 0.717) is 64.3 Å². The Morgan fingerprint density at radius 1 is 0.705 bits per heavy atom. The van der Waals surface area contributed by atoms with Crippen LogP contribution in [0.25, 0.3) is 0 Å². The lowest BCUT2D eigenvalue weighted by molar-refractivity contribution is -0.143. The molecule has 0 radical (unpaired) electrons. The van der Waals surface area contributed by atoms with Gasteiger partial charge in [-0.25, -0.2) is 0 Å². The molecule has 2 fully saturated rings. The third kappa shape index (κ3) is 9.40. The SMILES string of the molecule is C/C=C1\CC2C=Nc3cc(OCc4cc(COc5cc6c(cc5OC)C(=O)N5C/C(=C/C)C[C@H]5C=N6)cc(OCCN(C)C(=O)CCC(=O)OC)c4)c(OC)cc3C(=O)N2C1. The molecule has 3 aromatic rings. The van der Waals surface area contributed by atoms with Crippen molar-refractivity contribution >= 4 is 47.5 Å². The number of fused-ring (bicyclic) bond motifs is 4. The summed E-state index contributed by atoms with van der Waals surface area (Å²) in [5.74, 6) is 1.21. The van der Waals surface area contributed by atoms with E-state index in [9.17, 15) is 19.2 Å². The number of carbonyl (C=O) groups is 4. The van der Waals surface area contributed by atoms with Gasteiger partial charge in [0.15, 0.2) is 23.0 Å². The van der Waals surface area contributed by atoms with Gasteiger partial charge in [0, 0.05) is 51.1 Å². The summed E-state index contributed by atoms with van der Waals surface area (Å²) >= 11 is 0. The lowest BCUT2D eigenvalue weighted by atomic mass is 10.1. The maximum atomic E-state index is 13.6. The highest BCUT2D eigenvalue weighted by Gasteiger charge is 2.36. The second-order valence-electron chi connectivity index (χ2n) is 15.2. The van der Waals surface area contributed by atoms with Gasteiger partial charge in [0.25, 0.3) is 11.8 Å². The van der Waals surface area contributed by atoms with Gasteiger partial charge < -0.3 is 43.1 Å². The molecule has 4 aliphatic heterocycles. The van der Waals surface area contributed by atoms with Crippen LogP contribution in [0.2, 0.25) is 0 Å². The maximum absolute atomic E-state index is 13.6. The molecular weight excluding hydrogens is 783 g/mol. The van der Waals surface area contributed by atoms with Crippen molar-refractivity contribution in [3.8, 4) is 28.7 Å². The first-order chi connectivity index (χ1) is 29.5. The molecule has 0 N–H and O–H groups in total. The summed E-state index contributed by atoms with van der Waals surface area (Å²) in [4.78, 5) is 66.0. The molecule has 3 aromatic carbocycles. The summed E-state index contributed by atoms with van der Waals surface area (Å²) in [6.45, 7) is 5.70. The third-order valence-corrected chi connectivity index (χ3v) is 11.3. The summed E-state index contributed by atoms with van der Waals surface area (Å²) in [6, 6.07) is 12.2. The molecule has 4 aliphatic rings. The van der Waals surface area contributed by atoms with Gasteiger partial charge >= 0.3 is 5.97 Å². The fourth-order valence-corrected chi connectivity index (χ4v) is 7.76. The number of carbonyl (C=O) groups excluding carboxylic acids is 4. The van der Waals surface area contributed by atoms with Gasteiger partial charge in [-0.05, 0) is 68.1 Å². The Labute approximate surface area is 355 Å². The molecule has 0 saturated carbocycles. The number of likely N-dealkylation sites (N-methyl/N-ethyl adjacent to an activating group) is 1. The Balaban J connectivity index is 1.11. The summed E-state index contributed by atoms with van der Waals surface area (Å²) in [6.07, 6.45) is 9.25. The molecule has 320 valence electrons. The van der Waals surface area contributed by atoms with E-state index < -0.39 is 5.97 Å². The fraction of sp³-hybridized carbons (Fsp3) is 0.391. The number of nitrogens with zero attached hydrogens (tertiary/aromatic N) is 5. The number of ether oxygens (including phenoxy) is 6. The zero-order valence-corrected chi connectivity index (χ0v) is 35.4. The van der Waals surface area contributed by atoms with E-state index in [2.05, 4.69) is 4.74 Å². The number of hydrogen-bond donors (Lipinski definition) is 0. The Morgan fingerprint density at radius 2 is 1.21 bits per heavy atom. The van der Waals surface area contributed by atoms with E-state index in [-0.39, 0.29) is 69.0 Å². The van der Waals surface area contributed by atoms with Gasteiger partial charge in [-0.1, -0.05) is 23.3 Å². The van der Waals surface area contributed by atoms with Gasteiger partial charge in [0.2, 0.25) is 5.91 Å². The largest absolute Gasteiger partial charge is 0.493 e. The Bertz CT molecular complexity index is 2200. The van der Waals surface area contributed by atoms with Crippen molar-refractivity contribution in [1.29, 1.82) is 0 Å². The van der Waals surface area contributed by atoms with Crippen LogP contribution < -0.4 is 23.7 Å². The zero-order valence-electron chi connectivity index (χ0n) is 35.4. The third-order valence-electron chi connectivity index (χ3n) is 11.3. The summed E-state index contributed by atoms with van der Waals surface area (Å²) in [5.41, 5.74) is 5.73. The number of rotatable bonds is 15. The van der Waals surface area contributed by atoms with Gasteiger partial charge in [-0.15, -0.1) is 0 Å². The van der Waals surface area contributed by atoms with Crippen LogP contribution >= 0.6 is 0 Å². The van der Waals surface area contributed by atoms with Crippen LogP contribution in [0.5, 0.6) is 28.7 Å². The number of esters is 1. The minimum atomic E-state index is -0.451. The number of aliphatic imine (C=N–C) groups is 2. The van der Waals surface area contributed by atoms with Crippen molar-refractivity contribution in [2.24, 2.45) is 9.98 Å². The molecule has 2 atom stereocenters. The number of benzene rings is 3. The maximum Gasteiger partial charge on any atom is 0.306 e. The number of methoxy groups -OCH3 is 3. The topological polar surface area (TPSA) is 158 Å². The zero-order chi connectivity index (χ0) is 43.2. The molecule has 0 spiro atoms. The second-order valence-corrected chi connectivity index (χ2v) is 15.2. The lowest BCUT2D eigenvalue weighted by Crippen LogP contribution is -2.35. The minimum Gasteiger partial charge on any atom is -0.493 e. The second kappa shape index (κ2) is 18.7. The van der Waals surface area contributed by atoms with Crippen LogP contribution in [-0.4, -0.2) is 118 Å². The van der Waals surface area contributed by atoms with Crippen molar-refractivity contribution in [3.63, 3.8) is 0 Å². The highest BCUT2D eigenvalue weighted by atomic mass is 16.5. The smallest absolute Gasteiger partial charge is 0.306 e. The molecule has 0 aromatic heterocycles. The van der Waals surface area contributed by atoms with E-state index >= 15 is 0 Å². The van der Waals surface area contributed by atoms with E-state index in [1.165, 1.54) is 37.4 Å². The monoisotopic (exact) mass is 833 g/mol. The van der Waals surface area contributed by atoms with Gasteiger partial charge in [-0.3, -0.25) is 29.2 Å². The first-order valence-electron chi connectivity index (χ1n) is 20.3. The summed E-state index contributed by atoms with van der Waals surface area (Å²) < 4.78 is 35.0. The van der Waals surface area contributed by atoms with Gasteiger partial charge in [0.05, 0.1) is 68.9 Å². The van der Waals surface area contributed by atoms with Crippen molar-refractivity contribution in [2.75, 3.05) is 54.6 Å². The molecular formula is C46H51N5O10. The normalized spacial score (nSPS) is 18.9. The average molecular weight is 834 g/mol. The van der Waals surface area contributed by atoms with E-state index in [0.717, 1.165) is 24.0 Å². The van der Waals surface area contributed by atoms with Crippen LogP contribution in [-0.2, 0) is 27.5 Å². The molecule has 0 bridgehead atoms. The van der Waals surface area contributed by atoms with E-state index in [1.54, 1.807) is 31.3 Å². The van der Waals surface area contributed by atoms with Crippen molar-refractivity contribution in [1.82, 2.24) is 14.7 Å². The lowest BCUT2D eigenvalue weighted by Gasteiger charge is -2.20. The Hall–Kier alpha value is -6.64. The van der Waals surface area contributed by atoms with Gasteiger partial charge in [0.1, 0.15) is 25.6 Å². The van der Waals surface area contributed by atoms with Crippen LogP contribution in [0.4, 0.5) is 11.4 Å². The first-order valence-corrected chi connectivity index (χ1v) is 20.3. The number of hydrogen-bond acceptors (Lipinski definition) is 12. The Kier molecular flexibility index (Phi) is 13.0. The summed E-state index contributed by atoms with van der Waals surface area (Å²) in [7, 11) is 5.99. The van der Waals surface area contributed by atoms with Crippen LogP contribution in [0.3, 0.4) is 0 Å². The van der Waals surface area contributed by atoms with E-state index in [4.69, 9.17) is 33.7 Å². The molecule has 2 saturated heterocycles. The summed E-state index contributed by atoms with van der Waals surface area (Å²) in [5, 5.41) is 0. The number of allylic oxidation sites excluding steroid dienone is 2. The molecule has 3 amide bonds. The van der Waals surface area contributed by atoms with E-state index in [1.807, 2.05) is 66.4 Å². The first kappa shape index (κ1) is 42.5. The van der Waals surface area contributed by atoms with Gasteiger partial charge in [-0.2, -0.15) is 0 Å². The highest BCUT2D eigenvalue weighted by Crippen LogP contribution is 2.41. The van der Waals surface area contributed by atoms with Crippen molar-refractivity contribution in [3.05, 3.63) is 88.0 Å². The molecule has 1 unspecified atom stereocenters. The minimum absolute atomic E-state index is 0.00597. The Morgan fingerprint density at radius 3 is 1.67 bits per heavy atom. The predicted molar refractivity (Wildman–Crippen MR) is 228 cm³/mol. The highest BCUT2D eigenvalue weighted by molar-refractivity contribution is 6.05. The molecule has 7 rings (SSSR count). The molecule has 15 nitrogen and oxygen atoms in total. The standard InChI is InChI=1S/C46H51N5O10/c1-7-28-14-32-22-47-37-20-41(39(56-4)18-35(37)45(54)50(32)24-28)60-26-30-13-31(17-34(16-30)59-12-11-49(3)43(52)9-10-44(53)58-6)27-61-42-21-38-36(19-40(42)57-5)46(55)51-25-29(8-2)15-33(51)23-48-38/h7-8,13,16-23,32-33H,9-12,14-15,24-27H2,1-6H3/b28-7+,29-8+/t32-,33?/m0/s1. The van der Waals surface area contributed by atoms with Crippen molar-refractivity contribution < 1.29 is 47.6 Å². The van der Waals surface area contributed by atoms with Crippen molar-refractivity contribution in [2.45, 2.75) is 64.8 Å². The molecule has 15 heteroatoms. The average Bonchev–Trinajstić information content (AvgIpc) is 3.85. The predicted octanol–water partition coefficient (Wildman–Crippen LogP) is 6.41.